The number of carbonyl (C=O) groups excluding carboxylic acids is 3. The summed E-state index contributed by atoms with van der Waals surface area (Å²) in [7, 11) is 0. The van der Waals surface area contributed by atoms with Crippen LogP contribution in [-0.2, 0) is 16.1 Å². The molecule has 3 amide bonds. The molecule has 5 aromatic rings. The molecule has 4 aromatic carbocycles. The first-order valence-electron chi connectivity index (χ1n) is 13.2. The van der Waals surface area contributed by atoms with Gasteiger partial charge >= 0.3 is 0 Å². The molecule has 204 valence electrons. The molecule has 0 saturated carbocycles. The van der Waals surface area contributed by atoms with Crippen LogP contribution < -0.4 is 4.90 Å². The second kappa shape index (κ2) is 10.9. The van der Waals surface area contributed by atoms with E-state index in [4.69, 9.17) is 16.6 Å². The number of rotatable bonds is 6. The van der Waals surface area contributed by atoms with E-state index in [1.165, 1.54) is 15.4 Å². The summed E-state index contributed by atoms with van der Waals surface area (Å²) in [6.45, 7) is 4.00. The fraction of sp³-hybridized carbons (Fsp3) is 0.152. The van der Waals surface area contributed by atoms with Crippen molar-refractivity contribution in [3.05, 3.63) is 118 Å². The van der Waals surface area contributed by atoms with Gasteiger partial charge in [-0.15, -0.1) is 11.3 Å². The number of thiazole rings is 1. The lowest BCUT2D eigenvalue weighted by atomic mass is 10.0. The fourth-order valence-corrected chi connectivity index (χ4v) is 6.41. The molecule has 1 atom stereocenters. The first-order valence-corrected chi connectivity index (χ1v) is 14.4. The summed E-state index contributed by atoms with van der Waals surface area (Å²) >= 11 is 8.04. The lowest BCUT2D eigenvalue weighted by molar-refractivity contribution is -0.122. The van der Waals surface area contributed by atoms with Crippen LogP contribution in [0.5, 0.6) is 0 Å². The quantitative estimate of drug-likeness (QED) is 0.199. The Hall–Kier alpha value is -4.33. The molecule has 0 spiro atoms. The van der Waals surface area contributed by atoms with E-state index in [1.807, 2.05) is 61.5 Å². The molecule has 1 unspecified atom stereocenters. The number of nitrogens with zero attached hydrogens (tertiary/aromatic N) is 3. The van der Waals surface area contributed by atoms with Crippen LogP contribution in [-0.4, -0.2) is 33.6 Å². The van der Waals surface area contributed by atoms with E-state index in [0.717, 1.165) is 26.4 Å². The summed E-state index contributed by atoms with van der Waals surface area (Å²) < 4.78 is 1.11. The average molecular weight is 580 g/mol. The van der Waals surface area contributed by atoms with E-state index in [2.05, 4.69) is 13.0 Å². The van der Waals surface area contributed by atoms with E-state index >= 15 is 0 Å². The van der Waals surface area contributed by atoms with Gasteiger partial charge in [0, 0.05) is 22.7 Å². The van der Waals surface area contributed by atoms with Gasteiger partial charge in [0.1, 0.15) is 11.0 Å². The summed E-state index contributed by atoms with van der Waals surface area (Å²) in [5.41, 5.74) is 5.44. The van der Waals surface area contributed by atoms with Crippen LogP contribution in [0.4, 0.5) is 5.69 Å². The molecule has 0 bridgehead atoms. The minimum absolute atomic E-state index is 0.0976. The van der Waals surface area contributed by atoms with E-state index < -0.39 is 11.9 Å². The molecular formula is C33H26ClN3O3S. The fourth-order valence-electron chi connectivity index (χ4n) is 5.14. The largest absolute Gasteiger partial charge is 0.322 e. The van der Waals surface area contributed by atoms with Crippen LogP contribution in [0, 0.1) is 13.8 Å². The highest BCUT2D eigenvalue weighted by atomic mass is 35.5. The Balaban J connectivity index is 1.30. The van der Waals surface area contributed by atoms with Crippen molar-refractivity contribution in [2.24, 2.45) is 0 Å². The first-order chi connectivity index (χ1) is 19.8. The number of anilines is 1. The lowest BCUT2D eigenvalue weighted by Crippen LogP contribution is -2.45. The Labute approximate surface area is 246 Å². The SMILES string of the molecule is Cc1ccc2nc(-c3ccc(N4C(=O)CC(N(Cc5ccccc5Cl)C(=O)c5ccccc5C)C4=O)cc3)sc2c1. The molecule has 0 N–H and O–H groups in total. The van der Waals surface area contributed by atoms with Crippen molar-refractivity contribution in [2.75, 3.05) is 4.90 Å². The Morgan fingerprint density at radius 2 is 1.71 bits per heavy atom. The van der Waals surface area contributed by atoms with Gasteiger partial charge in [-0.1, -0.05) is 54.1 Å². The number of fused-ring (bicyclic) bond motifs is 1. The smallest absolute Gasteiger partial charge is 0.257 e. The second-order valence-corrected chi connectivity index (χ2v) is 11.6. The molecule has 1 aromatic heterocycles. The van der Waals surface area contributed by atoms with Gasteiger partial charge in [-0.05, 0) is 79.1 Å². The Kier molecular flexibility index (Phi) is 7.15. The zero-order chi connectivity index (χ0) is 28.7. The molecule has 6 rings (SSSR count). The number of hydrogen-bond acceptors (Lipinski definition) is 5. The van der Waals surface area contributed by atoms with Gasteiger partial charge in [0.2, 0.25) is 5.91 Å². The van der Waals surface area contributed by atoms with Crippen molar-refractivity contribution < 1.29 is 14.4 Å². The number of aryl methyl sites for hydroxylation is 2. The summed E-state index contributed by atoms with van der Waals surface area (Å²) in [5.74, 6) is -1.12. The molecule has 0 aliphatic carbocycles. The van der Waals surface area contributed by atoms with Gasteiger partial charge in [-0.3, -0.25) is 14.4 Å². The molecule has 1 aliphatic heterocycles. The highest BCUT2D eigenvalue weighted by molar-refractivity contribution is 7.21. The Morgan fingerprint density at radius 3 is 2.46 bits per heavy atom. The van der Waals surface area contributed by atoms with Crippen LogP contribution in [0.2, 0.25) is 5.02 Å². The van der Waals surface area contributed by atoms with Crippen LogP contribution in [0.15, 0.2) is 91.0 Å². The van der Waals surface area contributed by atoms with Crippen molar-refractivity contribution in [1.82, 2.24) is 9.88 Å². The topological polar surface area (TPSA) is 70.6 Å². The van der Waals surface area contributed by atoms with Crippen LogP contribution >= 0.6 is 22.9 Å². The van der Waals surface area contributed by atoms with Crippen LogP contribution in [0.1, 0.15) is 33.5 Å². The third-order valence-electron chi connectivity index (χ3n) is 7.35. The second-order valence-electron chi connectivity index (χ2n) is 10.2. The maximum atomic E-state index is 13.9. The van der Waals surface area contributed by atoms with Gasteiger partial charge < -0.3 is 4.90 Å². The van der Waals surface area contributed by atoms with E-state index in [9.17, 15) is 14.4 Å². The standard InChI is InChI=1S/C33H26ClN3O3S/c1-20-11-16-27-29(17-20)41-31(35-27)22-12-14-24(15-13-22)37-30(38)18-28(33(37)40)36(19-23-8-4-6-10-26(23)34)32(39)25-9-5-3-7-21(25)2/h3-17,28H,18-19H2,1-2H3. The summed E-state index contributed by atoms with van der Waals surface area (Å²) in [6, 6.07) is 26.9. The highest BCUT2D eigenvalue weighted by Gasteiger charge is 2.44. The molecular weight excluding hydrogens is 554 g/mol. The van der Waals surface area contributed by atoms with Crippen molar-refractivity contribution in [2.45, 2.75) is 32.9 Å². The maximum Gasteiger partial charge on any atom is 0.257 e. The number of imide groups is 1. The number of hydrogen-bond donors (Lipinski definition) is 0. The molecule has 8 heteroatoms. The van der Waals surface area contributed by atoms with Gasteiger partial charge in [0.05, 0.1) is 22.3 Å². The van der Waals surface area contributed by atoms with E-state index in [0.29, 0.717) is 21.8 Å². The predicted octanol–water partition coefficient (Wildman–Crippen LogP) is 7.21. The molecule has 6 nitrogen and oxygen atoms in total. The van der Waals surface area contributed by atoms with Gasteiger partial charge in [0.15, 0.2) is 0 Å². The molecule has 1 fully saturated rings. The highest BCUT2D eigenvalue weighted by Crippen LogP contribution is 2.34. The van der Waals surface area contributed by atoms with Gasteiger partial charge in [-0.25, -0.2) is 9.88 Å². The van der Waals surface area contributed by atoms with Crippen LogP contribution in [0.3, 0.4) is 0 Å². The normalized spacial score (nSPS) is 15.1. The van der Waals surface area contributed by atoms with Crippen molar-refractivity contribution in [3.63, 3.8) is 0 Å². The van der Waals surface area contributed by atoms with E-state index in [1.54, 1.807) is 41.7 Å². The van der Waals surface area contributed by atoms with E-state index in [-0.39, 0.29) is 24.8 Å². The third-order valence-corrected chi connectivity index (χ3v) is 8.79. The number of carbonyl (C=O) groups is 3. The van der Waals surface area contributed by atoms with Gasteiger partial charge in [0.25, 0.3) is 11.8 Å². The molecule has 2 heterocycles. The monoisotopic (exact) mass is 579 g/mol. The van der Waals surface area contributed by atoms with Crippen molar-refractivity contribution in [1.29, 1.82) is 0 Å². The minimum atomic E-state index is -0.960. The summed E-state index contributed by atoms with van der Waals surface area (Å²) in [6.07, 6.45) is -0.111. The zero-order valence-electron chi connectivity index (χ0n) is 22.5. The molecule has 0 radical (unpaired) electrons. The number of amides is 3. The maximum absolute atomic E-state index is 13.9. The van der Waals surface area contributed by atoms with Crippen LogP contribution in [0.25, 0.3) is 20.8 Å². The summed E-state index contributed by atoms with van der Waals surface area (Å²) in [5, 5.41) is 1.35. The molecule has 1 saturated heterocycles. The first kappa shape index (κ1) is 26.9. The summed E-state index contributed by atoms with van der Waals surface area (Å²) in [4.78, 5) is 48.4. The number of halogens is 1. The predicted molar refractivity (Wildman–Crippen MR) is 163 cm³/mol. The number of aromatic nitrogens is 1. The zero-order valence-corrected chi connectivity index (χ0v) is 24.1. The molecule has 41 heavy (non-hydrogen) atoms. The van der Waals surface area contributed by atoms with Crippen molar-refractivity contribution >= 4 is 56.6 Å². The number of benzene rings is 4. The Morgan fingerprint density at radius 1 is 0.976 bits per heavy atom. The Bertz CT molecular complexity index is 1810. The third kappa shape index (κ3) is 5.14. The lowest BCUT2D eigenvalue weighted by Gasteiger charge is -2.28. The van der Waals surface area contributed by atoms with Crippen molar-refractivity contribution in [3.8, 4) is 10.6 Å². The minimum Gasteiger partial charge on any atom is -0.322 e. The average Bonchev–Trinajstić information content (AvgIpc) is 3.52. The van der Waals surface area contributed by atoms with Gasteiger partial charge in [-0.2, -0.15) is 0 Å². The molecule has 1 aliphatic rings.